The van der Waals surface area contributed by atoms with E-state index in [1.807, 2.05) is 65.6 Å². The lowest BCUT2D eigenvalue weighted by atomic mass is 10.0. The van der Waals surface area contributed by atoms with Gasteiger partial charge < -0.3 is 10.2 Å². The molecule has 3 aromatic rings. The third-order valence-electron chi connectivity index (χ3n) is 5.89. The van der Waals surface area contributed by atoms with Crippen LogP contribution in [0.4, 0.5) is 5.69 Å². The van der Waals surface area contributed by atoms with E-state index in [-0.39, 0.29) is 17.6 Å². The molecule has 0 spiro atoms. The minimum Gasteiger partial charge on any atom is -0.336 e. The highest BCUT2D eigenvalue weighted by Crippen LogP contribution is 2.25. The predicted molar refractivity (Wildman–Crippen MR) is 128 cm³/mol. The number of anilines is 1. The summed E-state index contributed by atoms with van der Waals surface area (Å²) in [4.78, 5) is 41.9. The molecule has 6 nitrogen and oxygen atoms in total. The molecular weight excluding hydrogens is 414 g/mol. The Balaban J connectivity index is 1.50. The Hall–Kier alpha value is -3.77. The van der Waals surface area contributed by atoms with E-state index in [1.54, 1.807) is 24.3 Å². The zero-order chi connectivity index (χ0) is 23.2. The van der Waals surface area contributed by atoms with E-state index >= 15 is 0 Å². The van der Waals surface area contributed by atoms with Crippen molar-refractivity contribution >= 4 is 23.3 Å². The van der Waals surface area contributed by atoms with E-state index < -0.39 is 6.04 Å². The average molecular weight is 442 g/mol. The fraction of sp³-hybridized carbons (Fsp3) is 0.222. The lowest BCUT2D eigenvalue weighted by molar-refractivity contribution is -0.122. The molecule has 0 aromatic heterocycles. The first-order chi connectivity index (χ1) is 16.0. The Morgan fingerprint density at radius 3 is 2.00 bits per heavy atom. The average Bonchev–Trinajstić information content (AvgIpc) is 2.85. The Morgan fingerprint density at radius 1 is 0.758 bits per heavy atom. The van der Waals surface area contributed by atoms with Crippen LogP contribution in [0.3, 0.4) is 0 Å². The van der Waals surface area contributed by atoms with Gasteiger partial charge in [0.2, 0.25) is 5.91 Å². The van der Waals surface area contributed by atoms with Crippen molar-refractivity contribution in [3.8, 4) is 0 Å². The zero-order valence-electron chi connectivity index (χ0n) is 18.6. The topological polar surface area (TPSA) is 69.7 Å². The number of benzene rings is 3. The van der Waals surface area contributed by atoms with Crippen LogP contribution < -0.4 is 5.32 Å². The van der Waals surface area contributed by atoms with E-state index in [0.717, 1.165) is 5.56 Å². The lowest BCUT2D eigenvalue weighted by Crippen LogP contribution is -2.51. The maximum atomic E-state index is 13.4. The predicted octanol–water partition coefficient (Wildman–Crippen LogP) is 4.03. The number of carbonyl (C=O) groups is 3. The van der Waals surface area contributed by atoms with Crippen molar-refractivity contribution in [2.75, 3.05) is 31.5 Å². The summed E-state index contributed by atoms with van der Waals surface area (Å²) in [5, 5.41) is 2.98. The van der Waals surface area contributed by atoms with Crippen molar-refractivity contribution in [2.45, 2.75) is 13.0 Å². The standard InChI is InChI=1S/C27H27N3O3/c1-20(31)23-13-8-14-24(19-23)28-26(32)25(21-9-4-2-5-10-21)29-15-17-30(18-16-29)27(33)22-11-6-3-7-12-22/h2-14,19,25H,15-18H2,1H3,(H,28,32). The van der Waals surface area contributed by atoms with Crippen molar-refractivity contribution in [3.63, 3.8) is 0 Å². The molecule has 1 N–H and O–H groups in total. The number of piperazine rings is 1. The molecule has 0 saturated carbocycles. The largest absolute Gasteiger partial charge is 0.336 e. The van der Waals surface area contributed by atoms with Gasteiger partial charge in [-0.1, -0.05) is 60.7 Å². The number of hydrogen-bond donors (Lipinski definition) is 1. The number of hydrogen-bond acceptors (Lipinski definition) is 4. The van der Waals surface area contributed by atoms with Crippen LogP contribution >= 0.6 is 0 Å². The van der Waals surface area contributed by atoms with Gasteiger partial charge in [-0.2, -0.15) is 0 Å². The lowest BCUT2D eigenvalue weighted by Gasteiger charge is -2.38. The number of ketones is 1. The van der Waals surface area contributed by atoms with Crippen LogP contribution in [0, 0.1) is 0 Å². The van der Waals surface area contributed by atoms with Crippen molar-refractivity contribution in [3.05, 3.63) is 102 Å². The van der Waals surface area contributed by atoms with Crippen LogP contribution in [-0.2, 0) is 4.79 Å². The van der Waals surface area contributed by atoms with Crippen molar-refractivity contribution in [1.29, 1.82) is 0 Å². The SMILES string of the molecule is CC(=O)c1cccc(NC(=O)C(c2ccccc2)N2CCN(C(=O)c3ccccc3)CC2)c1. The minimum absolute atomic E-state index is 0.0111. The second-order valence-corrected chi connectivity index (χ2v) is 8.13. The molecule has 3 aromatic carbocycles. The summed E-state index contributed by atoms with van der Waals surface area (Å²) in [6.07, 6.45) is 0. The number of amides is 2. The molecular formula is C27H27N3O3. The van der Waals surface area contributed by atoms with Gasteiger partial charge in [-0.05, 0) is 36.8 Å². The van der Waals surface area contributed by atoms with Crippen LogP contribution in [0.15, 0.2) is 84.9 Å². The highest BCUT2D eigenvalue weighted by atomic mass is 16.2. The summed E-state index contributed by atoms with van der Waals surface area (Å²) < 4.78 is 0. The summed E-state index contributed by atoms with van der Waals surface area (Å²) in [6, 6.07) is 25.4. The molecule has 33 heavy (non-hydrogen) atoms. The molecule has 0 bridgehead atoms. The first kappa shape index (κ1) is 22.4. The maximum Gasteiger partial charge on any atom is 0.253 e. The summed E-state index contributed by atoms with van der Waals surface area (Å²) in [6.45, 7) is 3.76. The molecule has 2 amide bonds. The molecule has 0 aliphatic carbocycles. The van der Waals surface area contributed by atoms with Gasteiger partial charge in [-0.3, -0.25) is 19.3 Å². The quantitative estimate of drug-likeness (QED) is 0.587. The number of nitrogens with zero attached hydrogens (tertiary/aromatic N) is 2. The molecule has 1 heterocycles. The molecule has 1 fully saturated rings. The Labute approximate surface area is 193 Å². The van der Waals surface area contributed by atoms with E-state index in [4.69, 9.17) is 0 Å². The fourth-order valence-corrected chi connectivity index (χ4v) is 4.14. The Bertz CT molecular complexity index is 1120. The normalized spacial score (nSPS) is 15.0. The zero-order valence-corrected chi connectivity index (χ0v) is 18.6. The summed E-state index contributed by atoms with van der Waals surface area (Å²) in [5.41, 5.74) is 2.71. The minimum atomic E-state index is -0.499. The van der Waals surface area contributed by atoms with Gasteiger partial charge in [0.15, 0.2) is 5.78 Å². The highest BCUT2D eigenvalue weighted by Gasteiger charge is 2.32. The number of nitrogens with one attached hydrogen (secondary N) is 1. The van der Waals surface area contributed by atoms with Crippen LogP contribution in [0.5, 0.6) is 0 Å². The van der Waals surface area contributed by atoms with Crippen LogP contribution in [0.25, 0.3) is 0 Å². The molecule has 1 aliphatic rings. The number of Topliss-reactive ketones (excluding diaryl/α,β-unsaturated/α-hetero) is 1. The number of rotatable bonds is 6. The molecule has 1 atom stereocenters. The van der Waals surface area contributed by atoms with Crippen molar-refractivity contribution in [2.24, 2.45) is 0 Å². The van der Waals surface area contributed by atoms with Crippen molar-refractivity contribution in [1.82, 2.24) is 9.80 Å². The van der Waals surface area contributed by atoms with Gasteiger partial charge >= 0.3 is 0 Å². The fourth-order valence-electron chi connectivity index (χ4n) is 4.14. The first-order valence-corrected chi connectivity index (χ1v) is 11.1. The summed E-state index contributed by atoms with van der Waals surface area (Å²) >= 11 is 0. The first-order valence-electron chi connectivity index (χ1n) is 11.1. The highest BCUT2D eigenvalue weighted by molar-refractivity contribution is 5.99. The monoisotopic (exact) mass is 441 g/mol. The maximum absolute atomic E-state index is 13.4. The summed E-state index contributed by atoms with van der Waals surface area (Å²) in [7, 11) is 0. The molecule has 4 rings (SSSR count). The molecule has 168 valence electrons. The van der Waals surface area contributed by atoms with Crippen LogP contribution in [0.1, 0.15) is 39.2 Å². The van der Waals surface area contributed by atoms with Crippen LogP contribution in [-0.4, -0.2) is 53.6 Å². The van der Waals surface area contributed by atoms with Gasteiger partial charge in [0, 0.05) is 43.0 Å². The third kappa shape index (κ3) is 5.35. The van der Waals surface area contributed by atoms with Gasteiger partial charge in [0.05, 0.1) is 0 Å². The van der Waals surface area contributed by atoms with E-state index in [1.165, 1.54) is 6.92 Å². The van der Waals surface area contributed by atoms with Gasteiger partial charge in [0.1, 0.15) is 6.04 Å². The second kappa shape index (κ2) is 10.2. The molecule has 1 aliphatic heterocycles. The van der Waals surface area contributed by atoms with Crippen molar-refractivity contribution < 1.29 is 14.4 Å². The summed E-state index contributed by atoms with van der Waals surface area (Å²) in [5.74, 6) is -0.202. The Kier molecular flexibility index (Phi) is 6.95. The Morgan fingerprint density at radius 2 is 1.36 bits per heavy atom. The smallest absolute Gasteiger partial charge is 0.253 e. The molecule has 6 heteroatoms. The molecule has 1 saturated heterocycles. The number of carbonyl (C=O) groups excluding carboxylic acids is 3. The molecule has 0 radical (unpaired) electrons. The van der Waals surface area contributed by atoms with E-state index in [0.29, 0.717) is 43.0 Å². The van der Waals surface area contributed by atoms with Gasteiger partial charge in [0.25, 0.3) is 5.91 Å². The van der Waals surface area contributed by atoms with Crippen LogP contribution in [0.2, 0.25) is 0 Å². The van der Waals surface area contributed by atoms with Gasteiger partial charge in [-0.25, -0.2) is 0 Å². The van der Waals surface area contributed by atoms with E-state index in [9.17, 15) is 14.4 Å². The third-order valence-corrected chi connectivity index (χ3v) is 5.89. The van der Waals surface area contributed by atoms with Gasteiger partial charge in [-0.15, -0.1) is 0 Å². The van der Waals surface area contributed by atoms with E-state index in [2.05, 4.69) is 10.2 Å². The molecule has 1 unspecified atom stereocenters. The second-order valence-electron chi connectivity index (χ2n) is 8.13.